The molecule has 1 unspecified atom stereocenters. The number of carboxylic acids is 1. The summed E-state index contributed by atoms with van der Waals surface area (Å²) in [5.41, 5.74) is -0.441. The lowest BCUT2D eigenvalue weighted by Crippen LogP contribution is -2.55. The maximum Gasteiger partial charge on any atom is 0.416 e. The fraction of sp³-hybridized carbons (Fsp3) is 0.500. The van der Waals surface area contributed by atoms with Crippen molar-refractivity contribution in [2.24, 2.45) is 5.41 Å². The van der Waals surface area contributed by atoms with Gasteiger partial charge in [0.2, 0.25) is 0 Å². The molecule has 2 rings (SSSR count). The Hall–Kier alpha value is -2.15. The van der Waals surface area contributed by atoms with Gasteiger partial charge in [-0.25, -0.2) is 14.1 Å². The minimum absolute atomic E-state index is 0.00394. The molecule has 1 amide bonds. The first-order chi connectivity index (χ1) is 12.2. The molecule has 4 nitrogen and oxygen atoms in total. The molecule has 0 saturated heterocycles. The Labute approximate surface area is 156 Å². The molecule has 1 aliphatic heterocycles. The van der Waals surface area contributed by atoms with Gasteiger partial charge in [-0.15, -0.1) is 0 Å². The van der Waals surface area contributed by atoms with Gasteiger partial charge < -0.3 is 5.11 Å². The van der Waals surface area contributed by atoms with E-state index in [2.05, 4.69) is 0 Å². The smallest absolute Gasteiger partial charge is 0.416 e. The number of aliphatic carboxylic acids is 1. The first kappa shape index (κ1) is 21.2. The lowest BCUT2D eigenvalue weighted by Gasteiger charge is -2.37. The summed E-state index contributed by atoms with van der Waals surface area (Å²) in [6.07, 6.45) is -3.21. The quantitative estimate of drug-likeness (QED) is 0.595. The van der Waals surface area contributed by atoms with Crippen LogP contribution in [0.3, 0.4) is 0 Å². The largest absolute Gasteiger partial charge is 0.477 e. The third kappa shape index (κ3) is 4.08. The van der Waals surface area contributed by atoms with E-state index in [1.807, 2.05) is 20.8 Å². The number of allylic oxidation sites excluding steroid dienone is 1. The molecule has 1 aliphatic rings. The standard InChI is InChI=1S/C20H24F3NO3/c1-12-14-8-7-13(20(21,22)23)11-15(14)24(5,10-6-9-19(2,3)4)17(25)16(12)18(26)27/h7-8,11H,6,9-10H2,1-5H3/p+1. The predicted molar refractivity (Wildman–Crippen MR) is 98.0 cm³/mol. The molecule has 0 saturated carbocycles. The van der Waals surface area contributed by atoms with Crippen LogP contribution >= 0.6 is 0 Å². The number of carboxylic acid groups (broad SMARTS) is 1. The van der Waals surface area contributed by atoms with Crippen molar-refractivity contribution in [1.82, 2.24) is 4.48 Å². The minimum atomic E-state index is -4.54. The molecule has 1 heterocycles. The fourth-order valence-corrected chi connectivity index (χ4v) is 3.48. The van der Waals surface area contributed by atoms with Gasteiger partial charge in [-0.2, -0.15) is 13.2 Å². The van der Waals surface area contributed by atoms with Crippen LogP contribution in [0.4, 0.5) is 18.9 Å². The highest BCUT2D eigenvalue weighted by Crippen LogP contribution is 2.43. The van der Waals surface area contributed by atoms with E-state index in [1.54, 1.807) is 0 Å². The van der Waals surface area contributed by atoms with Crippen LogP contribution in [0, 0.1) is 5.41 Å². The third-order valence-electron chi connectivity index (χ3n) is 5.04. The normalized spacial score (nSPS) is 20.7. The average molecular weight is 384 g/mol. The Bertz CT molecular complexity index is 819. The van der Waals surface area contributed by atoms with Crippen molar-refractivity contribution in [3.05, 3.63) is 34.9 Å². The number of hydrogen-bond acceptors (Lipinski definition) is 2. The SMILES string of the molecule is CC1=C(C(=O)O)C(=O)[N+](C)(CCCC(C)(C)C)c2cc(C(F)(F)F)ccc21. The van der Waals surface area contributed by atoms with E-state index in [-0.39, 0.29) is 28.8 Å². The Kier molecular flexibility index (Phi) is 5.31. The van der Waals surface area contributed by atoms with E-state index in [0.29, 0.717) is 12.0 Å². The Morgan fingerprint density at radius 2 is 1.78 bits per heavy atom. The zero-order chi connectivity index (χ0) is 20.8. The summed E-state index contributed by atoms with van der Waals surface area (Å²) in [7, 11) is 1.50. The van der Waals surface area contributed by atoms with E-state index < -0.39 is 28.1 Å². The van der Waals surface area contributed by atoms with Crippen LogP contribution in [0.5, 0.6) is 0 Å². The van der Waals surface area contributed by atoms with Crippen LogP contribution in [-0.2, 0) is 15.8 Å². The van der Waals surface area contributed by atoms with Gasteiger partial charge >= 0.3 is 18.1 Å². The van der Waals surface area contributed by atoms with Gasteiger partial charge in [0, 0.05) is 11.6 Å². The Morgan fingerprint density at radius 1 is 1.19 bits per heavy atom. The van der Waals surface area contributed by atoms with Crippen molar-refractivity contribution in [2.45, 2.75) is 46.7 Å². The van der Waals surface area contributed by atoms with Crippen LogP contribution in [-0.4, -0.2) is 30.6 Å². The summed E-state index contributed by atoms with van der Waals surface area (Å²) in [6, 6.07) is 3.17. The van der Waals surface area contributed by atoms with Gasteiger partial charge in [0.1, 0.15) is 5.69 Å². The molecule has 1 aromatic carbocycles. The number of likely N-dealkylation sites (N-methyl/N-ethyl adjacent to an activating group) is 1. The molecule has 0 aliphatic carbocycles. The third-order valence-corrected chi connectivity index (χ3v) is 5.04. The Balaban J connectivity index is 2.63. The number of carbonyl (C=O) groups excluding carboxylic acids is 1. The van der Waals surface area contributed by atoms with Crippen molar-refractivity contribution in [1.29, 1.82) is 0 Å². The minimum Gasteiger partial charge on any atom is -0.477 e. The van der Waals surface area contributed by atoms with Gasteiger partial charge in [-0.05, 0) is 42.9 Å². The van der Waals surface area contributed by atoms with Gasteiger partial charge in [0.05, 0.1) is 19.2 Å². The van der Waals surface area contributed by atoms with Crippen molar-refractivity contribution in [3.63, 3.8) is 0 Å². The number of halogens is 3. The molecule has 7 heteroatoms. The lowest BCUT2D eigenvalue weighted by molar-refractivity contribution is -0.139. The highest BCUT2D eigenvalue weighted by molar-refractivity contribution is 6.26. The van der Waals surface area contributed by atoms with Crippen LogP contribution in [0.25, 0.3) is 5.57 Å². The number of carbonyl (C=O) groups is 2. The summed E-state index contributed by atoms with van der Waals surface area (Å²) >= 11 is 0. The van der Waals surface area contributed by atoms with Crippen LogP contribution in [0.2, 0.25) is 0 Å². The summed E-state index contributed by atoms with van der Waals surface area (Å²) < 4.78 is 39.2. The van der Waals surface area contributed by atoms with E-state index in [9.17, 15) is 27.9 Å². The van der Waals surface area contributed by atoms with Gasteiger partial charge in [-0.1, -0.05) is 20.8 Å². The molecule has 0 spiro atoms. The van der Waals surface area contributed by atoms with Gasteiger partial charge in [0.25, 0.3) is 0 Å². The van der Waals surface area contributed by atoms with Crippen molar-refractivity contribution < 1.29 is 27.9 Å². The average Bonchev–Trinajstić information content (AvgIpc) is 2.50. The first-order valence-electron chi connectivity index (χ1n) is 8.75. The van der Waals surface area contributed by atoms with E-state index in [1.165, 1.54) is 20.0 Å². The highest BCUT2D eigenvalue weighted by atomic mass is 19.4. The number of alkyl halides is 3. The molecule has 0 aromatic heterocycles. The summed E-state index contributed by atoms with van der Waals surface area (Å²) in [5.74, 6) is -2.04. The van der Waals surface area contributed by atoms with E-state index in [4.69, 9.17) is 0 Å². The van der Waals surface area contributed by atoms with Crippen molar-refractivity contribution in [2.75, 3.05) is 13.6 Å². The number of hydrogen-bond donors (Lipinski definition) is 1. The van der Waals surface area contributed by atoms with Crippen molar-refractivity contribution >= 4 is 23.1 Å². The van der Waals surface area contributed by atoms with Gasteiger partial charge in [-0.3, -0.25) is 0 Å². The van der Waals surface area contributed by atoms with Crippen molar-refractivity contribution in [3.8, 4) is 0 Å². The molecule has 1 aromatic rings. The predicted octanol–water partition coefficient (Wildman–Crippen LogP) is 4.87. The molecule has 0 bridgehead atoms. The number of nitrogens with zero attached hydrogens (tertiary/aromatic N) is 1. The summed E-state index contributed by atoms with van der Waals surface area (Å²) in [4.78, 5) is 24.7. The topological polar surface area (TPSA) is 54.4 Å². The monoisotopic (exact) mass is 384 g/mol. The van der Waals surface area contributed by atoms with Crippen LogP contribution in [0.15, 0.2) is 23.8 Å². The maximum absolute atomic E-state index is 13.2. The van der Waals surface area contributed by atoms with Crippen LogP contribution < -0.4 is 4.48 Å². The molecule has 148 valence electrons. The molecular formula is C20H25F3NO3+. The number of amides is 1. The Morgan fingerprint density at radius 3 is 2.26 bits per heavy atom. The fourth-order valence-electron chi connectivity index (χ4n) is 3.48. The summed E-state index contributed by atoms with van der Waals surface area (Å²) in [6.45, 7) is 7.80. The number of benzene rings is 1. The maximum atomic E-state index is 13.2. The van der Waals surface area contributed by atoms with Crippen LogP contribution in [0.1, 0.15) is 51.7 Å². The molecule has 0 radical (unpaired) electrons. The number of quaternary nitrogens is 1. The van der Waals surface area contributed by atoms with Gasteiger partial charge in [0.15, 0.2) is 5.57 Å². The van der Waals surface area contributed by atoms with E-state index in [0.717, 1.165) is 18.6 Å². The lowest BCUT2D eigenvalue weighted by atomic mass is 9.88. The number of fused-ring (bicyclic) bond motifs is 1. The van der Waals surface area contributed by atoms with E-state index >= 15 is 0 Å². The molecule has 27 heavy (non-hydrogen) atoms. The zero-order valence-corrected chi connectivity index (χ0v) is 16.2. The molecule has 1 N–H and O–H groups in total. The molecule has 1 atom stereocenters. The highest BCUT2D eigenvalue weighted by Gasteiger charge is 2.47. The molecule has 0 fully saturated rings. The zero-order valence-electron chi connectivity index (χ0n) is 16.2. The molecular weight excluding hydrogens is 359 g/mol. The first-order valence-corrected chi connectivity index (χ1v) is 8.75. The number of rotatable bonds is 4. The second kappa shape index (κ2) is 6.78. The summed E-state index contributed by atoms with van der Waals surface area (Å²) in [5, 5.41) is 9.51. The second-order valence-corrected chi connectivity index (χ2v) is 8.42. The second-order valence-electron chi connectivity index (χ2n) is 8.42.